The average Bonchev–Trinajstić information content (AvgIpc) is 2.65. The predicted octanol–water partition coefficient (Wildman–Crippen LogP) is 4.06. The topological polar surface area (TPSA) is 4.93 Å². The Morgan fingerprint density at radius 3 is 2.94 bits per heavy atom. The molecule has 0 atom stereocenters. The lowest BCUT2D eigenvalue weighted by atomic mass is 9.93. The minimum Gasteiger partial charge on any atom is -0.323 e. The minimum atomic E-state index is 0.971. The van der Waals surface area contributed by atoms with Gasteiger partial charge in [-0.25, -0.2) is 0 Å². The van der Waals surface area contributed by atoms with E-state index in [4.69, 9.17) is 12.2 Å². The highest BCUT2D eigenvalue weighted by Crippen LogP contribution is 2.37. The Morgan fingerprint density at radius 2 is 2.12 bits per heavy atom. The van der Waals surface area contributed by atoms with E-state index in [1.165, 1.54) is 21.7 Å². The maximum atomic E-state index is 5.43. The summed E-state index contributed by atoms with van der Waals surface area (Å²) in [5.41, 5.74) is 4.22. The van der Waals surface area contributed by atoms with Crippen LogP contribution in [0.2, 0.25) is 0 Å². The summed E-state index contributed by atoms with van der Waals surface area (Å²) < 4.78 is 3.29. The largest absolute Gasteiger partial charge is 0.323 e. The Balaban J connectivity index is 2.34. The van der Waals surface area contributed by atoms with Gasteiger partial charge in [-0.3, -0.25) is 0 Å². The number of rotatable bonds is 1. The van der Waals surface area contributed by atoms with E-state index in [1.807, 2.05) is 0 Å². The highest BCUT2D eigenvalue weighted by Gasteiger charge is 2.20. The molecule has 0 unspecified atom stereocenters. The second-order valence-electron chi connectivity index (χ2n) is 4.04. The van der Waals surface area contributed by atoms with Gasteiger partial charge in [0.2, 0.25) is 0 Å². The van der Waals surface area contributed by atoms with Crippen LogP contribution in [-0.4, -0.2) is 4.57 Å². The highest BCUT2D eigenvalue weighted by molar-refractivity contribution is 7.73. The van der Waals surface area contributed by atoms with Crippen LogP contribution in [0.25, 0.3) is 11.3 Å². The van der Waals surface area contributed by atoms with Gasteiger partial charge in [0, 0.05) is 17.0 Å². The molecule has 0 aliphatic heterocycles. The van der Waals surface area contributed by atoms with Crippen molar-refractivity contribution in [1.29, 1.82) is 0 Å². The molecular formula is C13H13NS2. The zero-order valence-corrected chi connectivity index (χ0v) is 10.8. The quantitative estimate of drug-likeness (QED) is 0.688. The van der Waals surface area contributed by atoms with Gasteiger partial charge in [-0.2, -0.15) is 0 Å². The van der Waals surface area contributed by atoms with Gasteiger partial charge >= 0.3 is 0 Å². The molecular weight excluding hydrogens is 234 g/mol. The van der Waals surface area contributed by atoms with E-state index in [2.05, 4.69) is 35.8 Å². The fourth-order valence-corrected chi connectivity index (χ4v) is 4.00. The first-order valence-electron chi connectivity index (χ1n) is 5.62. The molecule has 1 aromatic heterocycles. The Hall–Kier alpha value is -0.930. The molecule has 0 N–H and O–H groups in total. The molecule has 2 aromatic rings. The van der Waals surface area contributed by atoms with E-state index in [0.29, 0.717) is 0 Å². The monoisotopic (exact) mass is 247 g/mol. The van der Waals surface area contributed by atoms with Crippen LogP contribution in [0, 0.1) is 3.95 Å². The molecule has 0 amide bonds. The third-order valence-electron chi connectivity index (χ3n) is 3.18. The predicted molar refractivity (Wildman–Crippen MR) is 71.7 cm³/mol. The van der Waals surface area contributed by atoms with Crippen molar-refractivity contribution in [3.8, 4) is 11.3 Å². The van der Waals surface area contributed by atoms with E-state index in [1.54, 1.807) is 11.3 Å². The molecule has 1 aliphatic rings. The van der Waals surface area contributed by atoms with Gasteiger partial charge in [-0.1, -0.05) is 24.3 Å². The van der Waals surface area contributed by atoms with E-state index in [0.717, 1.165) is 23.3 Å². The van der Waals surface area contributed by atoms with Crippen molar-refractivity contribution >= 4 is 23.6 Å². The van der Waals surface area contributed by atoms with Gasteiger partial charge in [0.05, 0.1) is 5.69 Å². The summed E-state index contributed by atoms with van der Waals surface area (Å²) in [6, 6.07) is 8.70. The highest BCUT2D eigenvalue weighted by atomic mass is 32.1. The lowest BCUT2D eigenvalue weighted by Crippen LogP contribution is -2.06. The molecule has 0 spiro atoms. The van der Waals surface area contributed by atoms with Crippen molar-refractivity contribution in [3.05, 3.63) is 38.7 Å². The second kappa shape index (κ2) is 3.82. The van der Waals surface area contributed by atoms with Crippen molar-refractivity contribution in [2.75, 3.05) is 0 Å². The first-order valence-corrected chi connectivity index (χ1v) is 6.84. The first-order chi connectivity index (χ1) is 7.81. The van der Waals surface area contributed by atoms with Crippen LogP contribution in [0.3, 0.4) is 0 Å². The molecule has 82 valence electrons. The van der Waals surface area contributed by atoms with Gasteiger partial charge < -0.3 is 4.57 Å². The van der Waals surface area contributed by atoms with Crippen LogP contribution in [-0.2, 0) is 19.4 Å². The molecule has 1 heterocycles. The van der Waals surface area contributed by atoms with Crippen LogP contribution < -0.4 is 0 Å². The number of thiazole rings is 1. The van der Waals surface area contributed by atoms with Crippen molar-refractivity contribution < 1.29 is 0 Å². The smallest absolute Gasteiger partial charge is 0.161 e. The molecule has 1 nitrogen and oxygen atoms in total. The number of benzene rings is 1. The normalized spacial score (nSPS) is 13.3. The van der Waals surface area contributed by atoms with Crippen LogP contribution in [0.15, 0.2) is 24.3 Å². The number of aryl methyl sites for hydroxylation is 2. The number of fused-ring (bicyclic) bond motifs is 3. The number of nitrogens with zero attached hydrogens (tertiary/aromatic N) is 1. The summed E-state index contributed by atoms with van der Waals surface area (Å²) in [6.45, 7) is 3.14. The van der Waals surface area contributed by atoms with Crippen molar-refractivity contribution in [3.63, 3.8) is 0 Å². The minimum absolute atomic E-state index is 0.971. The van der Waals surface area contributed by atoms with E-state index in [9.17, 15) is 0 Å². The Kier molecular flexibility index (Phi) is 2.45. The van der Waals surface area contributed by atoms with Gasteiger partial charge in [0.15, 0.2) is 3.95 Å². The van der Waals surface area contributed by atoms with Crippen molar-refractivity contribution in [2.24, 2.45) is 0 Å². The summed E-state index contributed by atoms with van der Waals surface area (Å²) in [5.74, 6) is 0. The maximum Gasteiger partial charge on any atom is 0.161 e. The Morgan fingerprint density at radius 1 is 1.31 bits per heavy atom. The zero-order chi connectivity index (χ0) is 11.1. The zero-order valence-electron chi connectivity index (χ0n) is 9.19. The standard InChI is InChI=1S/C13H13NS2/c1-2-14-12-10-6-4-3-5-9(10)7-8-11(12)16-13(14)15/h3-6H,2,7-8H2,1H3. The van der Waals surface area contributed by atoms with Gasteiger partial charge in [-0.15, -0.1) is 11.3 Å². The Bertz CT molecular complexity index is 592. The van der Waals surface area contributed by atoms with Crippen molar-refractivity contribution in [1.82, 2.24) is 4.57 Å². The second-order valence-corrected chi connectivity index (χ2v) is 5.77. The van der Waals surface area contributed by atoms with Crippen LogP contribution >= 0.6 is 23.6 Å². The van der Waals surface area contributed by atoms with Gasteiger partial charge in [0.1, 0.15) is 0 Å². The fraction of sp³-hybridized carbons (Fsp3) is 0.308. The van der Waals surface area contributed by atoms with E-state index in [-0.39, 0.29) is 0 Å². The van der Waals surface area contributed by atoms with E-state index >= 15 is 0 Å². The number of aromatic nitrogens is 1. The maximum absolute atomic E-state index is 5.43. The summed E-state index contributed by atoms with van der Waals surface area (Å²) in [4.78, 5) is 1.46. The summed E-state index contributed by atoms with van der Waals surface area (Å²) in [6.07, 6.45) is 2.30. The molecule has 3 rings (SSSR count). The summed E-state index contributed by atoms with van der Waals surface area (Å²) >= 11 is 7.21. The molecule has 0 saturated heterocycles. The molecule has 0 bridgehead atoms. The molecule has 1 aromatic carbocycles. The molecule has 0 radical (unpaired) electrons. The molecule has 0 fully saturated rings. The summed E-state index contributed by atoms with van der Waals surface area (Å²) in [7, 11) is 0. The third kappa shape index (κ3) is 1.39. The Labute approximate surface area is 104 Å². The molecule has 3 heteroatoms. The lowest BCUT2D eigenvalue weighted by Gasteiger charge is -2.17. The molecule has 16 heavy (non-hydrogen) atoms. The van der Waals surface area contributed by atoms with E-state index < -0.39 is 0 Å². The average molecular weight is 247 g/mol. The molecule has 0 saturated carbocycles. The van der Waals surface area contributed by atoms with Crippen LogP contribution in [0.1, 0.15) is 17.4 Å². The van der Waals surface area contributed by atoms with Crippen LogP contribution in [0.5, 0.6) is 0 Å². The van der Waals surface area contributed by atoms with Gasteiger partial charge in [-0.05, 0) is 37.5 Å². The SMILES string of the molecule is CCn1c2c(sc1=S)CCc1ccccc1-2. The van der Waals surface area contributed by atoms with Gasteiger partial charge in [0.25, 0.3) is 0 Å². The first kappa shape index (κ1) is 10.2. The fourth-order valence-electron chi connectivity index (χ4n) is 2.42. The third-order valence-corrected chi connectivity index (χ3v) is 4.68. The van der Waals surface area contributed by atoms with Crippen LogP contribution in [0.4, 0.5) is 0 Å². The molecule has 1 aliphatic carbocycles. The number of hydrogen-bond donors (Lipinski definition) is 0. The summed E-state index contributed by atoms with van der Waals surface area (Å²) in [5, 5.41) is 0. The lowest BCUT2D eigenvalue weighted by molar-refractivity contribution is 0.760. The number of hydrogen-bond acceptors (Lipinski definition) is 2. The van der Waals surface area contributed by atoms with Crippen molar-refractivity contribution in [2.45, 2.75) is 26.3 Å².